The largest absolute Gasteiger partial charge is 0.465 e. The van der Waals surface area contributed by atoms with Crippen molar-refractivity contribution in [2.45, 2.75) is 6.54 Å². The summed E-state index contributed by atoms with van der Waals surface area (Å²) < 4.78 is 1.61. The summed E-state index contributed by atoms with van der Waals surface area (Å²) in [5, 5.41) is 12.5. The number of nitrogens with two attached hydrogens (primary N) is 1. The molecule has 0 unspecified atom stereocenters. The third-order valence-electron chi connectivity index (χ3n) is 1.65. The average Bonchev–Trinajstić information content (AvgIpc) is 2.47. The molecule has 0 spiro atoms. The van der Waals surface area contributed by atoms with Gasteiger partial charge in [0.05, 0.1) is 6.54 Å². The molecule has 0 aliphatic carbocycles. The number of nitrogen functional groups attached to an aromatic ring is 1. The van der Waals surface area contributed by atoms with E-state index in [1.54, 1.807) is 16.9 Å². The lowest BCUT2D eigenvalue weighted by atomic mass is 10.6. The van der Waals surface area contributed by atoms with E-state index in [4.69, 9.17) is 10.8 Å². The molecule has 0 aliphatic rings. The zero-order valence-corrected chi connectivity index (χ0v) is 7.34. The van der Waals surface area contributed by atoms with E-state index >= 15 is 0 Å². The van der Waals surface area contributed by atoms with Gasteiger partial charge in [-0.05, 0) is 6.07 Å². The fourth-order valence-electron chi connectivity index (χ4n) is 0.850. The summed E-state index contributed by atoms with van der Waals surface area (Å²) >= 11 is 0. The topological polar surface area (TPSA) is 84.4 Å². The van der Waals surface area contributed by atoms with Gasteiger partial charge in [0.2, 0.25) is 0 Å². The molecule has 1 amide bonds. The Morgan fingerprint density at radius 2 is 2.54 bits per heavy atom. The molecule has 1 heterocycles. The Labute approximate surface area is 75.6 Å². The van der Waals surface area contributed by atoms with Crippen LogP contribution in [0.25, 0.3) is 0 Å². The van der Waals surface area contributed by atoms with Gasteiger partial charge in [-0.25, -0.2) is 4.79 Å². The quantitative estimate of drug-likeness (QED) is 0.696. The molecule has 1 aromatic rings. The molecular formula is C7H12N4O2. The Morgan fingerprint density at radius 1 is 1.85 bits per heavy atom. The molecule has 0 fully saturated rings. The molecule has 0 saturated carbocycles. The number of likely N-dealkylation sites (N-methyl/N-ethyl adjacent to an activating group) is 1. The number of carbonyl (C=O) groups is 1. The van der Waals surface area contributed by atoms with Gasteiger partial charge in [0.25, 0.3) is 0 Å². The number of rotatable bonds is 3. The summed E-state index contributed by atoms with van der Waals surface area (Å²) in [6.45, 7) is 0.913. The highest BCUT2D eigenvalue weighted by atomic mass is 16.4. The van der Waals surface area contributed by atoms with Crippen LogP contribution in [0.15, 0.2) is 12.3 Å². The number of hydrogen-bond acceptors (Lipinski definition) is 3. The molecule has 6 nitrogen and oxygen atoms in total. The standard InChI is InChI=1S/C7H12N4O2/c1-10(7(12)13)4-5-11-3-2-6(8)9-11/h2-3H,4-5H2,1H3,(H2,8,9)(H,12,13). The molecule has 0 aliphatic heterocycles. The van der Waals surface area contributed by atoms with Crippen molar-refractivity contribution in [2.24, 2.45) is 0 Å². The summed E-state index contributed by atoms with van der Waals surface area (Å²) in [5.74, 6) is 0.443. The van der Waals surface area contributed by atoms with Crippen LogP contribution in [0.2, 0.25) is 0 Å². The van der Waals surface area contributed by atoms with E-state index in [2.05, 4.69) is 5.10 Å². The van der Waals surface area contributed by atoms with Gasteiger partial charge in [-0.15, -0.1) is 0 Å². The summed E-state index contributed by atoms with van der Waals surface area (Å²) in [6.07, 6.45) is 0.769. The van der Waals surface area contributed by atoms with Gasteiger partial charge in [0, 0.05) is 19.8 Å². The summed E-state index contributed by atoms with van der Waals surface area (Å²) in [4.78, 5) is 11.6. The summed E-state index contributed by atoms with van der Waals surface area (Å²) in [6, 6.07) is 1.67. The zero-order valence-electron chi connectivity index (χ0n) is 7.34. The zero-order chi connectivity index (χ0) is 9.84. The minimum atomic E-state index is -0.944. The summed E-state index contributed by atoms with van der Waals surface area (Å²) in [5.41, 5.74) is 5.38. The predicted molar refractivity (Wildman–Crippen MR) is 47.3 cm³/mol. The molecule has 0 atom stereocenters. The normalized spacial score (nSPS) is 9.92. The van der Waals surface area contributed by atoms with E-state index in [9.17, 15) is 4.79 Å². The maximum absolute atomic E-state index is 10.4. The number of anilines is 1. The highest BCUT2D eigenvalue weighted by Crippen LogP contribution is 1.95. The smallest absolute Gasteiger partial charge is 0.407 e. The number of aromatic nitrogens is 2. The Hall–Kier alpha value is -1.72. The first-order chi connectivity index (χ1) is 6.09. The van der Waals surface area contributed by atoms with E-state index in [1.807, 2.05) is 0 Å². The molecule has 6 heteroatoms. The van der Waals surface area contributed by atoms with E-state index in [1.165, 1.54) is 11.9 Å². The van der Waals surface area contributed by atoms with Crippen LogP contribution in [-0.4, -0.2) is 39.5 Å². The Morgan fingerprint density at radius 3 is 3.00 bits per heavy atom. The fourth-order valence-corrected chi connectivity index (χ4v) is 0.850. The molecular weight excluding hydrogens is 172 g/mol. The molecule has 1 aromatic heterocycles. The van der Waals surface area contributed by atoms with Crippen molar-refractivity contribution < 1.29 is 9.90 Å². The van der Waals surface area contributed by atoms with Crippen LogP contribution in [0.1, 0.15) is 0 Å². The third-order valence-corrected chi connectivity index (χ3v) is 1.65. The molecule has 0 saturated heterocycles. The minimum Gasteiger partial charge on any atom is -0.465 e. The predicted octanol–water partition coefficient (Wildman–Crippen LogP) is 0.0751. The molecule has 3 N–H and O–H groups in total. The monoisotopic (exact) mass is 184 g/mol. The van der Waals surface area contributed by atoms with Gasteiger partial charge < -0.3 is 15.7 Å². The van der Waals surface area contributed by atoms with Gasteiger partial charge in [-0.1, -0.05) is 0 Å². The van der Waals surface area contributed by atoms with E-state index in [0.29, 0.717) is 18.9 Å². The van der Waals surface area contributed by atoms with Gasteiger partial charge in [0.1, 0.15) is 5.82 Å². The number of amides is 1. The lowest BCUT2D eigenvalue weighted by Crippen LogP contribution is -2.28. The maximum atomic E-state index is 10.4. The van der Waals surface area contributed by atoms with Gasteiger partial charge in [-0.2, -0.15) is 5.10 Å². The van der Waals surface area contributed by atoms with Crippen LogP contribution in [0.3, 0.4) is 0 Å². The second kappa shape index (κ2) is 3.79. The Bertz CT molecular complexity index is 296. The molecule has 13 heavy (non-hydrogen) atoms. The van der Waals surface area contributed by atoms with Crippen molar-refractivity contribution >= 4 is 11.9 Å². The molecule has 0 aromatic carbocycles. The van der Waals surface area contributed by atoms with Crippen LogP contribution in [0, 0.1) is 0 Å². The highest BCUT2D eigenvalue weighted by molar-refractivity contribution is 5.64. The second-order valence-corrected chi connectivity index (χ2v) is 2.71. The van der Waals surface area contributed by atoms with Crippen LogP contribution in [0.4, 0.5) is 10.6 Å². The molecule has 0 bridgehead atoms. The molecule has 0 radical (unpaired) electrons. The van der Waals surface area contributed by atoms with Crippen molar-refractivity contribution in [3.8, 4) is 0 Å². The van der Waals surface area contributed by atoms with Gasteiger partial charge >= 0.3 is 6.09 Å². The van der Waals surface area contributed by atoms with Gasteiger partial charge in [0.15, 0.2) is 0 Å². The first kappa shape index (κ1) is 9.37. The highest BCUT2D eigenvalue weighted by Gasteiger charge is 2.04. The van der Waals surface area contributed by atoms with Crippen LogP contribution in [-0.2, 0) is 6.54 Å². The van der Waals surface area contributed by atoms with Gasteiger partial charge in [-0.3, -0.25) is 4.68 Å². The molecule has 1 rings (SSSR count). The first-order valence-electron chi connectivity index (χ1n) is 3.82. The Balaban J connectivity index is 2.39. The van der Waals surface area contributed by atoms with E-state index < -0.39 is 6.09 Å². The van der Waals surface area contributed by atoms with E-state index in [0.717, 1.165) is 0 Å². The summed E-state index contributed by atoms with van der Waals surface area (Å²) in [7, 11) is 1.51. The lowest BCUT2D eigenvalue weighted by Gasteiger charge is -2.11. The van der Waals surface area contributed by atoms with Crippen molar-refractivity contribution in [1.82, 2.24) is 14.7 Å². The van der Waals surface area contributed by atoms with Crippen LogP contribution in [0.5, 0.6) is 0 Å². The number of carboxylic acid groups (broad SMARTS) is 1. The average molecular weight is 184 g/mol. The fraction of sp³-hybridized carbons (Fsp3) is 0.429. The minimum absolute atomic E-state index is 0.399. The van der Waals surface area contributed by atoms with Crippen LogP contribution >= 0.6 is 0 Å². The second-order valence-electron chi connectivity index (χ2n) is 2.71. The number of hydrogen-bond donors (Lipinski definition) is 2. The maximum Gasteiger partial charge on any atom is 0.407 e. The van der Waals surface area contributed by atoms with Crippen molar-refractivity contribution in [1.29, 1.82) is 0 Å². The van der Waals surface area contributed by atoms with Crippen molar-refractivity contribution in [3.05, 3.63) is 12.3 Å². The van der Waals surface area contributed by atoms with Crippen molar-refractivity contribution in [3.63, 3.8) is 0 Å². The third kappa shape index (κ3) is 2.66. The van der Waals surface area contributed by atoms with Crippen molar-refractivity contribution in [2.75, 3.05) is 19.3 Å². The van der Waals surface area contributed by atoms with E-state index in [-0.39, 0.29) is 0 Å². The van der Waals surface area contributed by atoms with Crippen LogP contribution < -0.4 is 5.73 Å². The SMILES string of the molecule is CN(CCn1ccc(N)n1)C(=O)O. The lowest BCUT2D eigenvalue weighted by molar-refractivity contribution is 0.154. The molecule has 72 valence electrons. The first-order valence-corrected chi connectivity index (χ1v) is 3.82. The Kier molecular flexibility index (Phi) is 2.73. The number of nitrogens with zero attached hydrogens (tertiary/aromatic N) is 3.